The number of para-hydroxylation sites is 1. The molecule has 0 unspecified atom stereocenters. The van der Waals surface area contributed by atoms with Gasteiger partial charge in [-0.05, 0) is 51.5 Å². The predicted octanol–water partition coefficient (Wildman–Crippen LogP) is 3.58. The molecule has 0 aromatic heterocycles. The van der Waals surface area contributed by atoms with Crippen molar-refractivity contribution in [2.75, 3.05) is 17.7 Å². The van der Waals surface area contributed by atoms with Crippen molar-refractivity contribution in [3.8, 4) is 11.5 Å². The Hall–Kier alpha value is -2.74. The molecule has 3 rings (SSSR count). The Morgan fingerprint density at radius 3 is 2.58 bits per heavy atom. The molecule has 0 fully saturated rings. The van der Waals surface area contributed by atoms with Gasteiger partial charge in [0, 0.05) is 12.0 Å². The number of ether oxygens (including phenoxy) is 2. The molecular formula is C23H30N2O5S. The Bertz CT molecular complexity index is 1080. The van der Waals surface area contributed by atoms with Crippen LogP contribution in [-0.4, -0.2) is 39.3 Å². The second kappa shape index (κ2) is 8.42. The normalized spacial score (nSPS) is 18.3. The fourth-order valence-corrected chi connectivity index (χ4v) is 5.15. The minimum atomic E-state index is -3.77. The summed E-state index contributed by atoms with van der Waals surface area (Å²) < 4.78 is 38.0. The van der Waals surface area contributed by atoms with Gasteiger partial charge in [0.25, 0.3) is 0 Å². The molecule has 1 N–H and O–H groups in total. The van der Waals surface area contributed by atoms with Gasteiger partial charge >= 0.3 is 0 Å². The van der Waals surface area contributed by atoms with Gasteiger partial charge < -0.3 is 14.8 Å². The maximum absolute atomic E-state index is 13.3. The second-order valence-corrected chi connectivity index (χ2v) is 10.4. The molecule has 2 atom stereocenters. The Labute approximate surface area is 184 Å². The van der Waals surface area contributed by atoms with Crippen LogP contribution in [0.2, 0.25) is 0 Å². The quantitative estimate of drug-likeness (QED) is 0.733. The molecular weight excluding hydrogens is 416 g/mol. The molecule has 8 heteroatoms. The summed E-state index contributed by atoms with van der Waals surface area (Å²) in [5.41, 5.74) is 1.60. The molecule has 1 aliphatic rings. The number of sulfonamides is 1. The van der Waals surface area contributed by atoms with Crippen molar-refractivity contribution in [2.45, 2.75) is 51.8 Å². The van der Waals surface area contributed by atoms with Gasteiger partial charge in [0.1, 0.15) is 23.1 Å². The van der Waals surface area contributed by atoms with Crippen LogP contribution in [0, 0.1) is 6.92 Å². The Morgan fingerprint density at radius 1 is 1.26 bits per heavy atom. The molecule has 7 nitrogen and oxygen atoms in total. The van der Waals surface area contributed by atoms with Crippen LogP contribution in [0.1, 0.15) is 44.4 Å². The topological polar surface area (TPSA) is 84.9 Å². The van der Waals surface area contributed by atoms with Crippen LogP contribution in [0.15, 0.2) is 42.5 Å². The first-order chi connectivity index (χ1) is 14.4. The molecule has 0 spiro atoms. The van der Waals surface area contributed by atoms with E-state index in [4.69, 9.17) is 9.47 Å². The number of carbonyl (C=O) groups is 1. The largest absolute Gasteiger partial charge is 0.495 e. The third-order valence-corrected chi connectivity index (χ3v) is 6.58. The fourth-order valence-electron chi connectivity index (χ4n) is 3.98. The summed E-state index contributed by atoms with van der Waals surface area (Å²) in [4.78, 5) is 13.3. The van der Waals surface area contributed by atoms with Crippen molar-refractivity contribution in [3.05, 3.63) is 53.6 Å². The van der Waals surface area contributed by atoms with Gasteiger partial charge in [-0.1, -0.05) is 24.3 Å². The van der Waals surface area contributed by atoms with E-state index in [2.05, 4.69) is 5.32 Å². The number of rotatable bonds is 6. The predicted molar refractivity (Wildman–Crippen MR) is 121 cm³/mol. The summed E-state index contributed by atoms with van der Waals surface area (Å²) in [7, 11) is -2.30. The van der Waals surface area contributed by atoms with E-state index in [1.165, 1.54) is 7.11 Å². The van der Waals surface area contributed by atoms with Gasteiger partial charge in [-0.15, -0.1) is 0 Å². The smallest absolute Gasteiger partial charge is 0.244 e. The highest BCUT2D eigenvalue weighted by Crippen LogP contribution is 2.39. The molecule has 1 aliphatic heterocycles. The van der Waals surface area contributed by atoms with Crippen molar-refractivity contribution >= 4 is 21.6 Å². The highest BCUT2D eigenvalue weighted by atomic mass is 32.2. The van der Waals surface area contributed by atoms with E-state index in [0.29, 0.717) is 17.9 Å². The number of hydrogen-bond donors (Lipinski definition) is 1. The van der Waals surface area contributed by atoms with E-state index >= 15 is 0 Å². The molecule has 0 saturated heterocycles. The number of hydrogen-bond acceptors (Lipinski definition) is 5. The number of benzene rings is 2. The van der Waals surface area contributed by atoms with Gasteiger partial charge in [0.2, 0.25) is 15.9 Å². The lowest BCUT2D eigenvalue weighted by molar-refractivity contribution is -0.123. The highest BCUT2D eigenvalue weighted by Gasteiger charge is 2.37. The fraction of sp³-hybridized carbons (Fsp3) is 0.435. The minimum Gasteiger partial charge on any atom is -0.495 e. The van der Waals surface area contributed by atoms with Gasteiger partial charge in [-0.25, -0.2) is 8.42 Å². The Morgan fingerprint density at radius 2 is 1.94 bits per heavy atom. The zero-order valence-corrected chi connectivity index (χ0v) is 19.6. The lowest BCUT2D eigenvalue weighted by Gasteiger charge is -2.38. The molecule has 1 heterocycles. The average Bonchev–Trinajstić information content (AvgIpc) is 2.66. The third-order valence-electron chi connectivity index (χ3n) is 5.35. The lowest BCUT2D eigenvalue weighted by Crippen LogP contribution is -2.50. The van der Waals surface area contributed by atoms with E-state index in [1.54, 1.807) is 19.1 Å². The van der Waals surface area contributed by atoms with Crippen molar-refractivity contribution in [1.29, 1.82) is 0 Å². The average molecular weight is 447 g/mol. The Kier molecular flexibility index (Phi) is 6.23. The molecule has 2 aromatic rings. The number of amides is 1. The van der Waals surface area contributed by atoms with E-state index < -0.39 is 27.6 Å². The molecule has 1 amide bonds. The number of nitrogens with one attached hydrogen (secondary N) is 1. The van der Waals surface area contributed by atoms with Crippen LogP contribution < -0.4 is 19.1 Å². The van der Waals surface area contributed by atoms with E-state index in [9.17, 15) is 13.2 Å². The zero-order valence-electron chi connectivity index (χ0n) is 18.8. The van der Waals surface area contributed by atoms with Crippen LogP contribution >= 0.6 is 0 Å². The standard InChI is InChI=1S/C23H30N2O5S/c1-15-11-12-21(29-5)19(13-15)25(31(6,27)28)16(2)22(26)24-18-14-23(3,4)30-20-10-8-7-9-17(18)20/h7-13,16,18H,14H2,1-6H3,(H,24,26)/t16-,18+/m0/s1. The molecule has 2 aromatic carbocycles. The monoisotopic (exact) mass is 446 g/mol. The van der Waals surface area contributed by atoms with E-state index in [-0.39, 0.29) is 6.04 Å². The van der Waals surface area contributed by atoms with E-state index in [0.717, 1.165) is 27.4 Å². The van der Waals surface area contributed by atoms with Gasteiger partial charge in [-0.2, -0.15) is 0 Å². The lowest BCUT2D eigenvalue weighted by atomic mass is 9.89. The summed E-state index contributed by atoms with van der Waals surface area (Å²) in [5.74, 6) is 0.705. The molecule has 0 radical (unpaired) electrons. The molecule has 0 saturated carbocycles. The summed E-state index contributed by atoms with van der Waals surface area (Å²) in [6, 6.07) is 11.5. The number of aryl methyl sites for hydroxylation is 1. The Balaban J connectivity index is 1.94. The first kappa shape index (κ1) is 22.9. The minimum absolute atomic E-state index is 0.296. The van der Waals surface area contributed by atoms with Crippen LogP contribution in [0.3, 0.4) is 0 Å². The van der Waals surface area contributed by atoms with Crippen molar-refractivity contribution in [1.82, 2.24) is 5.32 Å². The van der Waals surface area contributed by atoms with Crippen molar-refractivity contribution < 1.29 is 22.7 Å². The van der Waals surface area contributed by atoms with Crippen LogP contribution in [0.4, 0.5) is 5.69 Å². The van der Waals surface area contributed by atoms with Crippen LogP contribution in [-0.2, 0) is 14.8 Å². The number of carbonyl (C=O) groups excluding carboxylic acids is 1. The molecule has 168 valence electrons. The van der Waals surface area contributed by atoms with Crippen molar-refractivity contribution in [3.63, 3.8) is 0 Å². The molecule has 31 heavy (non-hydrogen) atoms. The van der Waals surface area contributed by atoms with Crippen LogP contribution in [0.5, 0.6) is 11.5 Å². The SMILES string of the molecule is COc1ccc(C)cc1N([C@@H](C)C(=O)N[C@@H]1CC(C)(C)Oc2ccccc21)S(C)(=O)=O. The second-order valence-electron chi connectivity index (χ2n) is 8.57. The summed E-state index contributed by atoms with van der Waals surface area (Å²) >= 11 is 0. The number of nitrogens with zero attached hydrogens (tertiary/aromatic N) is 1. The summed E-state index contributed by atoms with van der Waals surface area (Å²) in [5, 5.41) is 3.04. The summed E-state index contributed by atoms with van der Waals surface area (Å²) in [6.07, 6.45) is 1.65. The van der Waals surface area contributed by atoms with Gasteiger partial charge in [-0.3, -0.25) is 9.10 Å². The first-order valence-corrected chi connectivity index (χ1v) is 12.0. The van der Waals surface area contributed by atoms with E-state index in [1.807, 2.05) is 51.1 Å². The van der Waals surface area contributed by atoms with Gasteiger partial charge in [0.05, 0.1) is 25.1 Å². The number of fused-ring (bicyclic) bond motifs is 1. The maximum Gasteiger partial charge on any atom is 0.244 e. The molecule has 0 bridgehead atoms. The summed E-state index contributed by atoms with van der Waals surface area (Å²) in [6.45, 7) is 7.36. The maximum atomic E-state index is 13.3. The number of anilines is 1. The zero-order chi connectivity index (χ0) is 23.0. The number of methoxy groups -OCH3 is 1. The third kappa shape index (κ3) is 4.95. The highest BCUT2D eigenvalue weighted by molar-refractivity contribution is 7.92. The van der Waals surface area contributed by atoms with Crippen molar-refractivity contribution in [2.24, 2.45) is 0 Å². The molecule has 0 aliphatic carbocycles. The van der Waals surface area contributed by atoms with Gasteiger partial charge in [0.15, 0.2) is 0 Å². The van der Waals surface area contributed by atoms with Crippen LogP contribution in [0.25, 0.3) is 0 Å². The first-order valence-electron chi connectivity index (χ1n) is 10.2.